The second-order valence-electron chi connectivity index (χ2n) is 5.13. The molecule has 1 aromatic heterocycles. The molecule has 0 saturated carbocycles. The maximum absolute atomic E-state index is 10.1. The van der Waals surface area contributed by atoms with Gasteiger partial charge in [-0.3, -0.25) is 0 Å². The van der Waals surface area contributed by atoms with E-state index in [1.54, 1.807) is 0 Å². The average molecular weight is 260 g/mol. The van der Waals surface area contributed by atoms with Crippen LogP contribution in [0.25, 0.3) is 10.9 Å². The lowest BCUT2D eigenvalue weighted by Crippen LogP contribution is -2.32. The van der Waals surface area contributed by atoms with Crippen LogP contribution in [0.5, 0.6) is 0 Å². The lowest BCUT2D eigenvalue weighted by molar-refractivity contribution is 0.101. The summed E-state index contributed by atoms with van der Waals surface area (Å²) in [6, 6.07) is 8.38. The first kappa shape index (κ1) is 14.1. The van der Waals surface area contributed by atoms with Gasteiger partial charge in [0.15, 0.2) is 0 Å². The van der Waals surface area contributed by atoms with Crippen molar-refractivity contribution in [2.75, 3.05) is 6.54 Å². The Morgan fingerprint density at radius 2 is 2.00 bits per heavy atom. The summed E-state index contributed by atoms with van der Waals surface area (Å²) >= 11 is 0. The van der Waals surface area contributed by atoms with Crippen molar-refractivity contribution in [3.05, 3.63) is 36.0 Å². The molecular weight excluding hydrogens is 236 g/mol. The minimum atomic E-state index is -0.250. The molecule has 19 heavy (non-hydrogen) atoms. The number of rotatable bonds is 7. The summed E-state index contributed by atoms with van der Waals surface area (Å²) in [5.41, 5.74) is 2.44. The summed E-state index contributed by atoms with van der Waals surface area (Å²) in [4.78, 5) is 3.22. The third-order valence-electron chi connectivity index (χ3n) is 3.95. The van der Waals surface area contributed by atoms with Crippen molar-refractivity contribution < 1.29 is 5.11 Å². The first-order chi connectivity index (χ1) is 9.26. The third-order valence-corrected chi connectivity index (χ3v) is 3.95. The van der Waals surface area contributed by atoms with Crippen molar-refractivity contribution in [2.24, 2.45) is 5.92 Å². The standard InChI is InChI=1S/C16H24N2O/c1-3-12(4-2)16(19)11-17-10-13-6-5-7-15-14(13)8-9-18-15/h5-9,12,16-19H,3-4,10-11H2,1-2H3. The van der Waals surface area contributed by atoms with E-state index in [-0.39, 0.29) is 6.10 Å². The van der Waals surface area contributed by atoms with Gasteiger partial charge in [0.1, 0.15) is 0 Å². The van der Waals surface area contributed by atoms with Crippen LogP contribution in [0.3, 0.4) is 0 Å². The predicted octanol–water partition coefficient (Wildman–Crippen LogP) is 3.05. The van der Waals surface area contributed by atoms with E-state index in [0.717, 1.165) is 19.4 Å². The second kappa shape index (κ2) is 6.73. The maximum atomic E-state index is 10.1. The Bertz CT molecular complexity index is 502. The maximum Gasteiger partial charge on any atom is 0.0692 e. The largest absolute Gasteiger partial charge is 0.392 e. The van der Waals surface area contributed by atoms with Crippen molar-refractivity contribution in [2.45, 2.75) is 39.3 Å². The van der Waals surface area contributed by atoms with Gasteiger partial charge >= 0.3 is 0 Å². The molecule has 0 fully saturated rings. The normalized spacial score (nSPS) is 13.3. The van der Waals surface area contributed by atoms with Gasteiger partial charge in [-0.15, -0.1) is 0 Å². The average Bonchev–Trinajstić information content (AvgIpc) is 2.89. The van der Waals surface area contributed by atoms with Crippen molar-refractivity contribution in [1.82, 2.24) is 10.3 Å². The number of aromatic amines is 1. The summed E-state index contributed by atoms with van der Waals surface area (Å²) in [5.74, 6) is 0.399. The highest BCUT2D eigenvalue weighted by atomic mass is 16.3. The van der Waals surface area contributed by atoms with Crippen LogP contribution in [0.2, 0.25) is 0 Å². The van der Waals surface area contributed by atoms with Crippen LogP contribution in [0.15, 0.2) is 30.5 Å². The molecule has 0 spiro atoms. The smallest absolute Gasteiger partial charge is 0.0692 e. The van der Waals surface area contributed by atoms with Gasteiger partial charge in [0, 0.05) is 30.2 Å². The first-order valence-corrected chi connectivity index (χ1v) is 7.20. The number of aromatic nitrogens is 1. The predicted molar refractivity (Wildman–Crippen MR) is 80.1 cm³/mol. The number of hydrogen-bond acceptors (Lipinski definition) is 2. The van der Waals surface area contributed by atoms with Gasteiger partial charge in [0.2, 0.25) is 0 Å². The topological polar surface area (TPSA) is 48.0 Å². The van der Waals surface area contributed by atoms with Gasteiger partial charge in [0.25, 0.3) is 0 Å². The summed E-state index contributed by atoms with van der Waals surface area (Å²) < 4.78 is 0. The van der Waals surface area contributed by atoms with Crippen LogP contribution < -0.4 is 5.32 Å². The van der Waals surface area contributed by atoms with E-state index < -0.39 is 0 Å². The Kier molecular flexibility index (Phi) is 5.00. The number of aliphatic hydroxyl groups excluding tert-OH is 1. The zero-order valence-corrected chi connectivity index (χ0v) is 11.8. The molecule has 1 atom stereocenters. The quantitative estimate of drug-likeness (QED) is 0.716. The molecule has 0 amide bonds. The minimum absolute atomic E-state index is 0.250. The fourth-order valence-electron chi connectivity index (χ4n) is 2.66. The van der Waals surface area contributed by atoms with E-state index in [4.69, 9.17) is 0 Å². The molecule has 0 radical (unpaired) electrons. The molecular formula is C16H24N2O. The molecule has 3 nitrogen and oxygen atoms in total. The van der Waals surface area contributed by atoms with Crippen LogP contribution in [-0.4, -0.2) is 22.7 Å². The zero-order chi connectivity index (χ0) is 13.7. The van der Waals surface area contributed by atoms with Gasteiger partial charge in [-0.2, -0.15) is 0 Å². The van der Waals surface area contributed by atoms with Gasteiger partial charge in [-0.05, 0) is 23.6 Å². The molecule has 3 N–H and O–H groups in total. The van der Waals surface area contributed by atoms with Crippen molar-refractivity contribution in [1.29, 1.82) is 0 Å². The van der Waals surface area contributed by atoms with Crippen LogP contribution >= 0.6 is 0 Å². The van der Waals surface area contributed by atoms with Crippen molar-refractivity contribution in [3.63, 3.8) is 0 Å². The summed E-state index contributed by atoms with van der Waals surface area (Å²) in [5, 5.41) is 14.7. The number of fused-ring (bicyclic) bond motifs is 1. The van der Waals surface area contributed by atoms with Crippen LogP contribution in [0.1, 0.15) is 32.3 Å². The van der Waals surface area contributed by atoms with Gasteiger partial charge in [0.05, 0.1) is 6.10 Å². The SMILES string of the molecule is CCC(CC)C(O)CNCc1cccc2[nH]ccc12. The van der Waals surface area contributed by atoms with E-state index in [1.807, 2.05) is 6.20 Å². The van der Waals surface area contributed by atoms with Crippen molar-refractivity contribution in [3.8, 4) is 0 Å². The molecule has 104 valence electrons. The van der Waals surface area contributed by atoms with Crippen LogP contribution in [0, 0.1) is 5.92 Å². The molecule has 0 saturated heterocycles. The summed E-state index contributed by atoms with van der Waals surface area (Å²) in [6.45, 7) is 5.73. The number of hydrogen-bond donors (Lipinski definition) is 3. The Morgan fingerprint density at radius 1 is 1.21 bits per heavy atom. The Balaban J connectivity index is 1.90. The fourth-order valence-corrected chi connectivity index (χ4v) is 2.66. The number of aliphatic hydroxyl groups is 1. The Hall–Kier alpha value is -1.32. The summed E-state index contributed by atoms with van der Waals surface area (Å²) in [6.07, 6.45) is 3.78. The van der Waals surface area contributed by atoms with E-state index in [1.165, 1.54) is 16.5 Å². The lowest BCUT2D eigenvalue weighted by atomic mass is 9.96. The van der Waals surface area contributed by atoms with Crippen molar-refractivity contribution >= 4 is 10.9 Å². The van der Waals surface area contributed by atoms with E-state index in [9.17, 15) is 5.11 Å². The van der Waals surface area contributed by atoms with Crippen LogP contribution in [-0.2, 0) is 6.54 Å². The molecule has 0 aliphatic rings. The molecule has 2 aromatic rings. The Labute approximate surface area is 115 Å². The van der Waals surface area contributed by atoms with E-state index in [0.29, 0.717) is 12.5 Å². The monoisotopic (exact) mass is 260 g/mol. The van der Waals surface area contributed by atoms with Gasteiger partial charge in [-0.25, -0.2) is 0 Å². The van der Waals surface area contributed by atoms with Crippen LogP contribution in [0.4, 0.5) is 0 Å². The number of benzene rings is 1. The molecule has 3 heteroatoms. The molecule has 1 heterocycles. The number of nitrogens with one attached hydrogen (secondary N) is 2. The first-order valence-electron chi connectivity index (χ1n) is 7.20. The second-order valence-corrected chi connectivity index (χ2v) is 5.13. The molecule has 0 aliphatic heterocycles. The van der Waals surface area contributed by atoms with E-state index in [2.05, 4.69) is 48.4 Å². The molecule has 0 aliphatic carbocycles. The lowest BCUT2D eigenvalue weighted by Gasteiger charge is -2.20. The van der Waals surface area contributed by atoms with E-state index >= 15 is 0 Å². The highest BCUT2D eigenvalue weighted by Crippen LogP contribution is 2.17. The zero-order valence-electron chi connectivity index (χ0n) is 11.8. The third kappa shape index (κ3) is 3.37. The molecule has 0 bridgehead atoms. The van der Waals surface area contributed by atoms with Gasteiger partial charge < -0.3 is 15.4 Å². The minimum Gasteiger partial charge on any atom is -0.392 e. The molecule has 1 unspecified atom stereocenters. The highest BCUT2D eigenvalue weighted by Gasteiger charge is 2.14. The molecule has 2 rings (SSSR count). The van der Waals surface area contributed by atoms with Gasteiger partial charge in [-0.1, -0.05) is 38.8 Å². The summed E-state index contributed by atoms with van der Waals surface area (Å²) in [7, 11) is 0. The highest BCUT2D eigenvalue weighted by molar-refractivity contribution is 5.82. The molecule has 1 aromatic carbocycles. The fraction of sp³-hybridized carbons (Fsp3) is 0.500. The number of H-pyrrole nitrogens is 1. The Morgan fingerprint density at radius 3 is 2.74 bits per heavy atom.